The molecule has 3 amide bonds. The van der Waals surface area contributed by atoms with Gasteiger partial charge in [0.05, 0.1) is 11.8 Å². The van der Waals surface area contributed by atoms with Crippen LogP contribution < -0.4 is 5.32 Å². The van der Waals surface area contributed by atoms with E-state index in [1.54, 1.807) is 6.07 Å². The van der Waals surface area contributed by atoms with Gasteiger partial charge in [-0.05, 0) is 43.7 Å². The third-order valence-corrected chi connectivity index (χ3v) is 5.87. The van der Waals surface area contributed by atoms with E-state index in [1.165, 1.54) is 0 Å². The lowest BCUT2D eigenvalue weighted by Gasteiger charge is -2.16. The van der Waals surface area contributed by atoms with Gasteiger partial charge in [-0.15, -0.1) is 0 Å². The molecule has 0 unspecified atom stereocenters. The second-order valence-corrected chi connectivity index (χ2v) is 7.79. The Balaban J connectivity index is 1.30. The molecule has 1 aromatic carbocycles. The fourth-order valence-corrected chi connectivity index (χ4v) is 4.58. The van der Waals surface area contributed by atoms with E-state index in [4.69, 9.17) is 4.74 Å². The molecule has 1 aliphatic heterocycles. The van der Waals surface area contributed by atoms with Gasteiger partial charge in [0, 0.05) is 5.69 Å². The summed E-state index contributed by atoms with van der Waals surface area (Å²) in [5.74, 6) is -2.35. The number of carbonyl (C=O) groups excluding carboxylic acids is 4. The minimum absolute atomic E-state index is 0.0935. The molecule has 2 bridgehead atoms. The van der Waals surface area contributed by atoms with Crippen molar-refractivity contribution in [2.24, 2.45) is 23.7 Å². The molecule has 3 aliphatic rings. The monoisotopic (exact) mass is 382 g/mol. The van der Waals surface area contributed by atoms with Crippen molar-refractivity contribution in [3.63, 3.8) is 0 Å². The van der Waals surface area contributed by atoms with E-state index < -0.39 is 25.0 Å². The molecule has 0 spiro atoms. The van der Waals surface area contributed by atoms with Crippen molar-refractivity contribution in [1.29, 1.82) is 0 Å². The Morgan fingerprint density at radius 3 is 2.36 bits per heavy atom. The normalized spacial score (nSPS) is 27.3. The predicted molar refractivity (Wildman–Crippen MR) is 99.9 cm³/mol. The van der Waals surface area contributed by atoms with E-state index in [0.29, 0.717) is 5.69 Å². The van der Waals surface area contributed by atoms with Crippen molar-refractivity contribution in [3.8, 4) is 0 Å². The van der Waals surface area contributed by atoms with Gasteiger partial charge in [-0.3, -0.25) is 24.1 Å². The van der Waals surface area contributed by atoms with Crippen molar-refractivity contribution in [3.05, 3.63) is 41.5 Å². The number of benzene rings is 1. The van der Waals surface area contributed by atoms with Crippen LogP contribution >= 0.6 is 0 Å². The highest BCUT2D eigenvalue weighted by atomic mass is 16.5. The number of imide groups is 1. The Bertz CT molecular complexity index is 876. The second-order valence-electron chi connectivity index (χ2n) is 7.79. The zero-order valence-electron chi connectivity index (χ0n) is 15.8. The van der Waals surface area contributed by atoms with Gasteiger partial charge in [-0.2, -0.15) is 0 Å². The van der Waals surface area contributed by atoms with Crippen LogP contribution in [0.5, 0.6) is 0 Å². The molecular weight excluding hydrogens is 360 g/mol. The molecule has 0 aromatic heterocycles. The molecule has 4 rings (SSSR count). The second kappa shape index (κ2) is 6.89. The van der Waals surface area contributed by atoms with E-state index in [1.807, 2.05) is 38.1 Å². The molecule has 1 saturated carbocycles. The minimum atomic E-state index is -0.766. The molecule has 1 heterocycles. The summed E-state index contributed by atoms with van der Waals surface area (Å²) in [5.41, 5.74) is 2.63. The summed E-state index contributed by atoms with van der Waals surface area (Å²) in [5, 5.41) is 2.68. The molecule has 1 aromatic rings. The van der Waals surface area contributed by atoms with Gasteiger partial charge in [0.1, 0.15) is 6.54 Å². The summed E-state index contributed by atoms with van der Waals surface area (Å²) in [7, 11) is 0. The van der Waals surface area contributed by atoms with E-state index in [-0.39, 0.29) is 35.5 Å². The third-order valence-electron chi connectivity index (χ3n) is 5.87. The summed E-state index contributed by atoms with van der Waals surface area (Å²) < 4.78 is 4.98. The van der Waals surface area contributed by atoms with Crippen molar-refractivity contribution in [2.75, 3.05) is 18.5 Å². The Morgan fingerprint density at radius 1 is 1.11 bits per heavy atom. The number of hydrogen-bond acceptors (Lipinski definition) is 5. The number of amides is 3. The van der Waals surface area contributed by atoms with Crippen LogP contribution in [0.25, 0.3) is 0 Å². The fraction of sp³-hybridized carbons (Fsp3) is 0.429. The highest BCUT2D eigenvalue weighted by molar-refractivity contribution is 6.08. The first-order chi connectivity index (χ1) is 13.3. The Kier molecular flexibility index (Phi) is 4.53. The molecule has 4 atom stereocenters. The molecule has 146 valence electrons. The molecular formula is C21H22N2O5. The molecule has 7 nitrogen and oxygen atoms in total. The van der Waals surface area contributed by atoms with Crippen LogP contribution in [0.2, 0.25) is 0 Å². The van der Waals surface area contributed by atoms with Crippen molar-refractivity contribution < 1.29 is 23.9 Å². The number of nitrogens with one attached hydrogen (secondary N) is 1. The lowest BCUT2D eigenvalue weighted by atomic mass is 9.85. The van der Waals surface area contributed by atoms with Gasteiger partial charge in [0.2, 0.25) is 11.8 Å². The van der Waals surface area contributed by atoms with Crippen LogP contribution in [0.1, 0.15) is 17.5 Å². The van der Waals surface area contributed by atoms with Crippen molar-refractivity contribution in [1.82, 2.24) is 4.90 Å². The molecule has 1 saturated heterocycles. The van der Waals surface area contributed by atoms with E-state index in [9.17, 15) is 19.2 Å². The summed E-state index contributed by atoms with van der Waals surface area (Å²) in [6.07, 6.45) is 4.83. The summed E-state index contributed by atoms with van der Waals surface area (Å²) in [4.78, 5) is 50.2. The third kappa shape index (κ3) is 3.10. The molecule has 28 heavy (non-hydrogen) atoms. The molecule has 0 radical (unpaired) electrons. The number of esters is 1. The summed E-state index contributed by atoms with van der Waals surface area (Å²) in [6, 6.07) is 5.59. The lowest BCUT2D eigenvalue weighted by Crippen LogP contribution is -2.38. The minimum Gasteiger partial charge on any atom is -0.454 e. The van der Waals surface area contributed by atoms with Crippen LogP contribution in [-0.4, -0.2) is 41.7 Å². The average Bonchev–Trinajstić information content (AvgIpc) is 3.32. The fourth-order valence-electron chi connectivity index (χ4n) is 4.58. The number of anilines is 1. The first-order valence-corrected chi connectivity index (χ1v) is 9.41. The van der Waals surface area contributed by atoms with Crippen LogP contribution in [0, 0.1) is 37.5 Å². The Morgan fingerprint density at radius 2 is 1.75 bits per heavy atom. The zero-order valence-corrected chi connectivity index (χ0v) is 15.8. The van der Waals surface area contributed by atoms with E-state index in [0.717, 1.165) is 22.4 Å². The van der Waals surface area contributed by atoms with Gasteiger partial charge in [0.25, 0.3) is 5.91 Å². The van der Waals surface area contributed by atoms with Gasteiger partial charge in [0.15, 0.2) is 6.61 Å². The standard InChI is InChI=1S/C21H22N2O5/c1-11-3-6-15(12(2)7-11)22-16(24)10-28-17(25)9-23-20(26)18-13-4-5-14(8-13)19(18)21(23)27/h3-7,13-14,18-19H,8-10H2,1-2H3,(H,22,24)/t13-,14-,18+,19+/m1/s1. The van der Waals surface area contributed by atoms with Crippen molar-refractivity contribution in [2.45, 2.75) is 20.3 Å². The van der Waals surface area contributed by atoms with E-state index >= 15 is 0 Å². The predicted octanol–water partition coefficient (Wildman–Crippen LogP) is 1.59. The average molecular weight is 382 g/mol. The number of aryl methyl sites for hydroxylation is 2. The topological polar surface area (TPSA) is 92.8 Å². The molecule has 2 fully saturated rings. The maximum atomic E-state index is 12.6. The van der Waals surface area contributed by atoms with Gasteiger partial charge >= 0.3 is 5.97 Å². The highest BCUT2D eigenvalue weighted by Gasteiger charge is 2.59. The maximum absolute atomic E-state index is 12.6. The van der Waals surface area contributed by atoms with Crippen molar-refractivity contribution >= 4 is 29.4 Å². The number of carbonyl (C=O) groups is 4. The van der Waals surface area contributed by atoms with Gasteiger partial charge < -0.3 is 10.1 Å². The lowest BCUT2D eigenvalue weighted by molar-refractivity contribution is -0.154. The maximum Gasteiger partial charge on any atom is 0.326 e. The number of likely N-dealkylation sites (tertiary alicyclic amines) is 1. The van der Waals surface area contributed by atoms with Crippen LogP contribution in [0.3, 0.4) is 0 Å². The number of rotatable bonds is 5. The first kappa shape index (κ1) is 18.4. The highest BCUT2D eigenvalue weighted by Crippen LogP contribution is 2.52. The first-order valence-electron chi connectivity index (χ1n) is 9.41. The van der Waals surface area contributed by atoms with Gasteiger partial charge in [-0.25, -0.2) is 0 Å². The number of ether oxygens (including phenoxy) is 1. The Hall–Kier alpha value is -2.96. The molecule has 1 N–H and O–H groups in total. The largest absolute Gasteiger partial charge is 0.454 e. The van der Waals surface area contributed by atoms with Crippen LogP contribution in [0.4, 0.5) is 5.69 Å². The summed E-state index contributed by atoms with van der Waals surface area (Å²) >= 11 is 0. The number of fused-ring (bicyclic) bond motifs is 5. The number of hydrogen-bond donors (Lipinski definition) is 1. The smallest absolute Gasteiger partial charge is 0.326 e. The van der Waals surface area contributed by atoms with Crippen LogP contribution in [0.15, 0.2) is 30.4 Å². The quantitative estimate of drug-likeness (QED) is 0.474. The summed E-state index contributed by atoms with van der Waals surface area (Å²) in [6.45, 7) is 2.91. The SMILES string of the molecule is Cc1ccc(NC(=O)COC(=O)CN2C(=O)[C@@H]3[C@@H](C2=O)[C@@H]2C=C[C@@H]3C2)c(C)c1. The Labute approximate surface area is 162 Å². The van der Waals surface area contributed by atoms with Crippen LogP contribution in [-0.2, 0) is 23.9 Å². The zero-order chi connectivity index (χ0) is 20.0. The van der Waals surface area contributed by atoms with Gasteiger partial charge in [-0.1, -0.05) is 29.8 Å². The number of nitrogens with zero attached hydrogens (tertiary/aromatic N) is 1. The molecule has 7 heteroatoms. The number of allylic oxidation sites excluding steroid dienone is 2. The van der Waals surface area contributed by atoms with E-state index in [2.05, 4.69) is 5.32 Å². The molecule has 2 aliphatic carbocycles.